The molecule has 0 bridgehead atoms. The molecule has 1 aliphatic heterocycles. The average Bonchev–Trinajstić information content (AvgIpc) is 2.94. The Morgan fingerprint density at radius 1 is 1.26 bits per heavy atom. The summed E-state index contributed by atoms with van der Waals surface area (Å²) in [6.07, 6.45) is 2.96. The van der Waals surface area contributed by atoms with Crippen molar-refractivity contribution in [3.8, 4) is 0 Å². The van der Waals surface area contributed by atoms with Crippen LogP contribution in [0.2, 0.25) is 0 Å². The van der Waals surface area contributed by atoms with E-state index in [9.17, 15) is 13.2 Å². The predicted molar refractivity (Wildman–Crippen MR) is 86.2 cm³/mol. The zero-order valence-electron chi connectivity index (χ0n) is 13.2. The van der Waals surface area contributed by atoms with Gasteiger partial charge in [0, 0.05) is 24.3 Å². The summed E-state index contributed by atoms with van der Waals surface area (Å²) in [5.41, 5.74) is 0.857. The van der Waals surface area contributed by atoms with E-state index in [1.165, 1.54) is 12.3 Å². The zero-order valence-corrected chi connectivity index (χ0v) is 14.0. The minimum atomic E-state index is -3.18. The maximum absolute atomic E-state index is 11.6. The number of likely N-dealkylation sites (tertiary alicyclic amines) is 1. The van der Waals surface area contributed by atoms with Gasteiger partial charge in [-0.3, -0.25) is 9.69 Å². The molecule has 1 aliphatic rings. The number of H-pyrrole nitrogens is 1. The van der Waals surface area contributed by atoms with Gasteiger partial charge in [-0.1, -0.05) is 12.1 Å². The number of hydrogen-bond donors (Lipinski definition) is 1. The number of sulfone groups is 1. The van der Waals surface area contributed by atoms with Crippen molar-refractivity contribution in [3.05, 3.63) is 52.0 Å². The molecule has 2 aromatic rings. The first kappa shape index (κ1) is 16.0. The fourth-order valence-electron chi connectivity index (χ4n) is 3.17. The van der Waals surface area contributed by atoms with Gasteiger partial charge in [0.05, 0.1) is 4.90 Å². The third kappa shape index (κ3) is 3.40. The number of benzene rings is 1. The first-order valence-electron chi connectivity index (χ1n) is 7.53. The normalized spacial score (nSPS) is 23.0. The monoisotopic (exact) mass is 336 g/mol. The van der Waals surface area contributed by atoms with Crippen LogP contribution in [0.5, 0.6) is 0 Å². The van der Waals surface area contributed by atoms with Crippen LogP contribution >= 0.6 is 0 Å². The van der Waals surface area contributed by atoms with Crippen LogP contribution in [-0.2, 0) is 9.84 Å². The number of nitrogens with zero attached hydrogens (tertiary/aromatic N) is 1. The highest BCUT2D eigenvalue weighted by Crippen LogP contribution is 2.38. The summed E-state index contributed by atoms with van der Waals surface area (Å²) in [6, 6.07) is 8.72. The van der Waals surface area contributed by atoms with Gasteiger partial charge in [0.25, 0.3) is 5.56 Å². The molecule has 124 valence electrons. The SMILES string of the molecule is CN1CC[C@H](c2cc(=O)[nH]o2)C[C@H]1c1ccc(S(C)(=O)=O)cc1. The average molecular weight is 336 g/mol. The molecule has 7 heteroatoms. The van der Waals surface area contributed by atoms with Crippen molar-refractivity contribution >= 4 is 9.84 Å². The lowest BCUT2D eigenvalue weighted by molar-refractivity contribution is 0.157. The van der Waals surface area contributed by atoms with Crippen molar-refractivity contribution in [1.29, 1.82) is 0 Å². The van der Waals surface area contributed by atoms with E-state index in [1.807, 2.05) is 12.1 Å². The number of nitrogens with one attached hydrogen (secondary N) is 1. The number of aromatic nitrogens is 1. The van der Waals surface area contributed by atoms with Crippen molar-refractivity contribution in [2.75, 3.05) is 19.8 Å². The Hall–Kier alpha value is -1.86. The first-order valence-corrected chi connectivity index (χ1v) is 9.42. The van der Waals surface area contributed by atoms with E-state index in [0.29, 0.717) is 10.7 Å². The predicted octanol–water partition coefficient (Wildman–Crippen LogP) is 1.92. The minimum absolute atomic E-state index is 0.169. The molecular formula is C16H20N2O4S. The summed E-state index contributed by atoms with van der Waals surface area (Å²) in [7, 11) is -1.13. The number of aromatic amines is 1. The summed E-state index contributed by atoms with van der Waals surface area (Å²) < 4.78 is 28.4. The van der Waals surface area contributed by atoms with Crippen LogP contribution in [0.15, 0.2) is 44.5 Å². The molecule has 2 atom stereocenters. The van der Waals surface area contributed by atoms with Gasteiger partial charge in [-0.15, -0.1) is 0 Å². The van der Waals surface area contributed by atoms with E-state index in [1.54, 1.807) is 12.1 Å². The number of rotatable bonds is 3. The smallest absolute Gasteiger partial charge is 0.280 e. The quantitative estimate of drug-likeness (QED) is 0.926. The van der Waals surface area contributed by atoms with Crippen LogP contribution in [0, 0.1) is 0 Å². The second-order valence-electron chi connectivity index (χ2n) is 6.17. The summed E-state index contributed by atoms with van der Waals surface area (Å²) in [5.74, 6) is 0.880. The lowest BCUT2D eigenvalue weighted by atomic mass is 9.86. The van der Waals surface area contributed by atoms with E-state index in [-0.39, 0.29) is 17.5 Å². The van der Waals surface area contributed by atoms with Crippen LogP contribution in [0.3, 0.4) is 0 Å². The maximum atomic E-state index is 11.6. The van der Waals surface area contributed by atoms with Crippen molar-refractivity contribution in [2.45, 2.75) is 29.7 Å². The molecule has 6 nitrogen and oxygen atoms in total. The van der Waals surface area contributed by atoms with Gasteiger partial charge in [-0.2, -0.15) is 5.16 Å². The highest BCUT2D eigenvalue weighted by Gasteiger charge is 2.30. The van der Waals surface area contributed by atoms with Crippen molar-refractivity contribution in [1.82, 2.24) is 10.1 Å². The Kier molecular flexibility index (Phi) is 4.16. The first-order chi connectivity index (χ1) is 10.8. The fourth-order valence-corrected chi connectivity index (χ4v) is 3.80. The number of piperidine rings is 1. The van der Waals surface area contributed by atoms with Gasteiger partial charge in [0.15, 0.2) is 9.84 Å². The van der Waals surface area contributed by atoms with E-state index in [0.717, 1.165) is 24.9 Å². The van der Waals surface area contributed by atoms with Gasteiger partial charge >= 0.3 is 0 Å². The molecule has 1 saturated heterocycles. The van der Waals surface area contributed by atoms with E-state index in [2.05, 4.69) is 17.1 Å². The highest BCUT2D eigenvalue weighted by molar-refractivity contribution is 7.90. The van der Waals surface area contributed by atoms with Gasteiger partial charge in [-0.25, -0.2) is 8.42 Å². The lowest BCUT2D eigenvalue weighted by Crippen LogP contribution is -2.33. The Balaban J connectivity index is 1.84. The standard InChI is InChI=1S/C16H20N2O4S/c1-18-8-7-12(15-10-16(19)17-22-15)9-14(18)11-3-5-13(6-4-11)23(2,20)21/h3-6,10,12,14H,7-9H2,1-2H3,(H,17,19)/t12-,14-/m0/s1. The molecule has 3 rings (SSSR count). The summed E-state index contributed by atoms with van der Waals surface area (Å²) >= 11 is 0. The maximum Gasteiger partial charge on any atom is 0.280 e. The molecule has 0 saturated carbocycles. The van der Waals surface area contributed by atoms with E-state index < -0.39 is 9.84 Å². The molecule has 1 aromatic heterocycles. The number of hydrogen-bond acceptors (Lipinski definition) is 5. The van der Waals surface area contributed by atoms with E-state index >= 15 is 0 Å². The van der Waals surface area contributed by atoms with Crippen molar-refractivity contribution in [3.63, 3.8) is 0 Å². The van der Waals surface area contributed by atoms with E-state index in [4.69, 9.17) is 4.52 Å². The Bertz CT molecular complexity index is 835. The molecule has 0 spiro atoms. The largest absolute Gasteiger partial charge is 0.383 e. The molecule has 0 radical (unpaired) electrons. The highest BCUT2D eigenvalue weighted by atomic mass is 32.2. The molecule has 1 N–H and O–H groups in total. The third-order valence-corrected chi connectivity index (χ3v) is 5.64. The molecule has 1 fully saturated rings. The minimum Gasteiger partial charge on any atom is -0.383 e. The Morgan fingerprint density at radius 3 is 2.52 bits per heavy atom. The molecule has 0 amide bonds. The molecule has 1 aromatic carbocycles. The van der Waals surface area contributed by atoms with Gasteiger partial charge < -0.3 is 4.52 Å². The van der Waals surface area contributed by atoms with Crippen LogP contribution in [0.4, 0.5) is 0 Å². The molecule has 0 aliphatic carbocycles. The summed E-state index contributed by atoms with van der Waals surface area (Å²) in [4.78, 5) is 13.8. The topological polar surface area (TPSA) is 83.4 Å². The van der Waals surface area contributed by atoms with Gasteiger partial charge in [0.2, 0.25) is 0 Å². The second kappa shape index (κ2) is 5.98. The summed E-state index contributed by atoms with van der Waals surface area (Å²) in [5, 5.41) is 2.34. The molecule has 0 unspecified atom stereocenters. The Morgan fingerprint density at radius 2 is 1.96 bits per heavy atom. The van der Waals surface area contributed by atoms with Crippen molar-refractivity contribution < 1.29 is 12.9 Å². The Labute approximate surface area is 135 Å². The van der Waals surface area contributed by atoms with Crippen LogP contribution in [0.25, 0.3) is 0 Å². The lowest BCUT2D eigenvalue weighted by Gasteiger charge is -2.36. The van der Waals surface area contributed by atoms with Crippen LogP contribution in [0.1, 0.15) is 36.1 Å². The zero-order chi connectivity index (χ0) is 16.6. The van der Waals surface area contributed by atoms with Crippen LogP contribution in [-0.4, -0.2) is 38.3 Å². The summed E-state index contributed by atoms with van der Waals surface area (Å²) in [6.45, 7) is 0.887. The molecule has 2 heterocycles. The molecular weight excluding hydrogens is 316 g/mol. The van der Waals surface area contributed by atoms with Crippen molar-refractivity contribution in [2.24, 2.45) is 0 Å². The second-order valence-corrected chi connectivity index (χ2v) is 8.19. The fraction of sp³-hybridized carbons (Fsp3) is 0.438. The van der Waals surface area contributed by atoms with Gasteiger partial charge in [-0.05, 0) is 44.1 Å². The van der Waals surface area contributed by atoms with Gasteiger partial charge in [0.1, 0.15) is 5.76 Å². The molecule has 23 heavy (non-hydrogen) atoms. The van der Waals surface area contributed by atoms with Crippen LogP contribution < -0.4 is 5.56 Å². The third-order valence-electron chi connectivity index (χ3n) is 4.51.